The average Bonchev–Trinajstić information content (AvgIpc) is 2.59. The standard InChI is InChI=1S/C10H12O2S/c1-2-6-5-7-3-4-13-9(7)8(6)10(11)12/h3-4,6,8H,2,5H2,1H3,(H,11,12). The zero-order valence-electron chi connectivity index (χ0n) is 7.49. The zero-order chi connectivity index (χ0) is 9.42. The van der Waals surface area contributed by atoms with Gasteiger partial charge in [0.25, 0.3) is 0 Å². The molecule has 0 spiro atoms. The van der Waals surface area contributed by atoms with Crippen molar-refractivity contribution in [3.05, 3.63) is 21.9 Å². The first-order valence-corrected chi connectivity index (χ1v) is 5.41. The van der Waals surface area contributed by atoms with Crippen LogP contribution in [0.3, 0.4) is 0 Å². The molecule has 0 saturated heterocycles. The van der Waals surface area contributed by atoms with Gasteiger partial charge in [-0.1, -0.05) is 13.3 Å². The van der Waals surface area contributed by atoms with Crippen molar-refractivity contribution >= 4 is 17.3 Å². The predicted octanol–water partition coefficient (Wildman–Crippen LogP) is 2.50. The van der Waals surface area contributed by atoms with E-state index in [0.717, 1.165) is 17.7 Å². The van der Waals surface area contributed by atoms with E-state index in [2.05, 4.69) is 13.0 Å². The molecule has 0 fully saturated rings. The molecule has 1 aromatic rings. The largest absolute Gasteiger partial charge is 0.481 e. The van der Waals surface area contributed by atoms with Crippen LogP contribution in [0.2, 0.25) is 0 Å². The molecule has 0 saturated carbocycles. The van der Waals surface area contributed by atoms with E-state index in [0.29, 0.717) is 5.92 Å². The monoisotopic (exact) mass is 196 g/mol. The number of aliphatic carboxylic acids is 1. The van der Waals surface area contributed by atoms with Crippen molar-refractivity contribution in [3.63, 3.8) is 0 Å². The maximum Gasteiger partial charge on any atom is 0.312 e. The van der Waals surface area contributed by atoms with Crippen molar-refractivity contribution in [2.75, 3.05) is 0 Å². The molecule has 70 valence electrons. The maximum atomic E-state index is 11.0. The molecule has 0 amide bonds. The van der Waals surface area contributed by atoms with Crippen LogP contribution in [0.1, 0.15) is 29.7 Å². The Morgan fingerprint density at radius 3 is 3.15 bits per heavy atom. The highest BCUT2D eigenvalue weighted by Crippen LogP contribution is 2.42. The van der Waals surface area contributed by atoms with Crippen LogP contribution in [0, 0.1) is 5.92 Å². The molecule has 3 heteroatoms. The summed E-state index contributed by atoms with van der Waals surface area (Å²) in [6.07, 6.45) is 1.91. The molecule has 0 radical (unpaired) electrons. The summed E-state index contributed by atoms with van der Waals surface area (Å²) in [5.41, 5.74) is 1.25. The summed E-state index contributed by atoms with van der Waals surface area (Å²) in [6, 6.07) is 2.06. The molecule has 2 nitrogen and oxygen atoms in total. The van der Waals surface area contributed by atoms with Crippen LogP contribution >= 0.6 is 11.3 Å². The van der Waals surface area contributed by atoms with Crippen LogP contribution in [0.15, 0.2) is 11.4 Å². The molecular weight excluding hydrogens is 184 g/mol. The first-order chi connectivity index (χ1) is 6.24. The third kappa shape index (κ3) is 1.27. The van der Waals surface area contributed by atoms with Gasteiger partial charge in [-0.25, -0.2) is 0 Å². The second kappa shape index (κ2) is 3.14. The van der Waals surface area contributed by atoms with Gasteiger partial charge in [0.15, 0.2) is 0 Å². The molecular formula is C10H12O2S. The first-order valence-electron chi connectivity index (χ1n) is 4.53. The number of rotatable bonds is 2. The number of thiophene rings is 1. The van der Waals surface area contributed by atoms with Crippen LogP contribution in [-0.4, -0.2) is 11.1 Å². The number of carboxylic acid groups (broad SMARTS) is 1. The van der Waals surface area contributed by atoms with E-state index >= 15 is 0 Å². The summed E-state index contributed by atoms with van der Waals surface area (Å²) in [5.74, 6) is -0.576. The first kappa shape index (κ1) is 8.75. The van der Waals surface area contributed by atoms with Crippen LogP contribution in [0.5, 0.6) is 0 Å². The topological polar surface area (TPSA) is 37.3 Å². The minimum atomic E-state index is -0.659. The molecule has 0 aliphatic heterocycles. The Morgan fingerprint density at radius 1 is 1.77 bits per heavy atom. The second-order valence-corrected chi connectivity index (χ2v) is 4.45. The Bertz CT molecular complexity index is 329. The zero-order valence-corrected chi connectivity index (χ0v) is 8.30. The molecule has 2 rings (SSSR count). The SMILES string of the molecule is CCC1Cc2ccsc2C1C(=O)O. The predicted molar refractivity (Wildman–Crippen MR) is 52.2 cm³/mol. The van der Waals surface area contributed by atoms with E-state index in [-0.39, 0.29) is 5.92 Å². The van der Waals surface area contributed by atoms with Gasteiger partial charge in [0.05, 0.1) is 5.92 Å². The highest BCUT2D eigenvalue weighted by molar-refractivity contribution is 7.10. The van der Waals surface area contributed by atoms with Gasteiger partial charge in [-0.15, -0.1) is 11.3 Å². The van der Waals surface area contributed by atoms with Gasteiger partial charge in [0, 0.05) is 4.88 Å². The molecule has 1 aliphatic carbocycles. The summed E-state index contributed by atoms with van der Waals surface area (Å²) < 4.78 is 0. The highest BCUT2D eigenvalue weighted by Gasteiger charge is 2.37. The van der Waals surface area contributed by atoms with Crippen molar-refractivity contribution in [1.29, 1.82) is 0 Å². The normalized spacial score (nSPS) is 25.9. The Hall–Kier alpha value is -0.830. The molecule has 0 bridgehead atoms. The third-order valence-electron chi connectivity index (χ3n) is 2.81. The van der Waals surface area contributed by atoms with Crippen molar-refractivity contribution in [2.24, 2.45) is 5.92 Å². The highest BCUT2D eigenvalue weighted by atomic mass is 32.1. The Labute approximate surface area is 81.2 Å². The maximum absolute atomic E-state index is 11.0. The fourth-order valence-electron chi connectivity index (χ4n) is 2.10. The van der Waals surface area contributed by atoms with Gasteiger partial charge in [0.2, 0.25) is 0 Å². The summed E-state index contributed by atoms with van der Waals surface area (Å²) in [4.78, 5) is 12.1. The molecule has 1 aromatic heterocycles. The van der Waals surface area contributed by atoms with Gasteiger partial charge >= 0.3 is 5.97 Å². The lowest BCUT2D eigenvalue weighted by atomic mass is 9.93. The Balaban J connectivity index is 2.36. The fourth-order valence-corrected chi connectivity index (χ4v) is 3.22. The number of carboxylic acids is 1. The van der Waals surface area contributed by atoms with Gasteiger partial charge in [-0.3, -0.25) is 4.79 Å². The molecule has 1 N–H and O–H groups in total. The van der Waals surface area contributed by atoms with Crippen molar-refractivity contribution in [2.45, 2.75) is 25.7 Å². The van der Waals surface area contributed by atoms with E-state index < -0.39 is 5.97 Å². The van der Waals surface area contributed by atoms with Crippen LogP contribution in [0.25, 0.3) is 0 Å². The van der Waals surface area contributed by atoms with Crippen LogP contribution < -0.4 is 0 Å². The quantitative estimate of drug-likeness (QED) is 0.789. The number of hydrogen-bond acceptors (Lipinski definition) is 2. The van der Waals surface area contributed by atoms with Gasteiger partial charge in [0.1, 0.15) is 0 Å². The lowest BCUT2D eigenvalue weighted by molar-refractivity contribution is -0.139. The van der Waals surface area contributed by atoms with E-state index in [9.17, 15) is 4.79 Å². The fraction of sp³-hybridized carbons (Fsp3) is 0.500. The van der Waals surface area contributed by atoms with Crippen molar-refractivity contribution < 1.29 is 9.90 Å². The molecule has 1 aliphatic rings. The average molecular weight is 196 g/mol. The third-order valence-corrected chi connectivity index (χ3v) is 3.85. The molecule has 1 heterocycles. The Morgan fingerprint density at radius 2 is 2.54 bits per heavy atom. The lowest BCUT2D eigenvalue weighted by Crippen LogP contribution is -2.16. The summed E-state index contributed by atoms with van der Waals surface area (Å²) in [5, 5.41) is 11.1. The Kier molecular flexibility index (Phi) is 2.12. The smallest absolute Gasteiger partial charge is 0.312 e. The number of carbonyl (C=O) groups is 1. The molecule has 13 heavy (non-hydrogen) atoms. The van der Waals surface area contributed by atoms with Crippen LogP contribution in [-0.2, 0) is 11.2 Å². The van der Waals surface area contributed by atoms with Gasteiger partial charge < -0.3 is 5.11 Å². The van der Waals surface area contributed by atoms with E-state index in [4.69, 9.17) is 5.11 Å². The molecule has 2 atom stereocenters. The second-order valence-electron chi connectivity index (χ2n) is 3.50. The number of fused-ring (bicyclic) bond motifs is 1. The molecule has 0 aromatic carbocycles. The van der Waals surface area contributed by atoms with E-state index in [1.165, 1.54) is 5.56 Å². The number of hydrogen-bond donors (Lipinski definition) is 1. The van der Waals surface area contributed by atoms with E-state index in [1.807, 2.05) is 5.38 Å². The van der Waals surface area contributed by atoms with E-state index in [1.54, 1.807) is 11.3 Å². The summed E-state index contributed by atoms with van der Waals surface area (Å²) in [7, 11) is 0. The van der Waals surface area contributed by atoms with Gasteiger partial charge in [-0.2, -0.15) is 0 Å². The molecule has 2 unspecified atom stereocenters. The van der Waals surface area contributed by atoms with Crippen molar-refractivity contribution in [1.82, 2.24) is 0 Å². The minimum absolute atomic E-state index is 0.236. The summed E-state index contributed by atoms with van der Waals surface area (Å²) >= 11 is 1.59. The van der Waals surface area contributed by atoms with Crippen LogP contribution in [0.4, 0.5) is 0 Å². The van der Waals surface area contributed by atoms with Crippen molar-refractivity contribution in [3.8, 4) is 0 Å². The van der Waals surface area contributed by atoms with Gasteiger partial charge in [-0.05, 0) is 29.3 Å². The summed E-state index contributed by atoms with van der Waals surface area (Å²) in [6.45, 7) is 2.07. The lowest BCUT2D eigenvalue weighted by Gasteiger charge is -2.12. The minimum Gasteiger partial charge on any atom is -0.481 e.